The number of ether oxygens (including phenoxy) is 1. The second kappa shape index (κ2) is 12.2. The van der Waals surface area contributed by atoms with E-state index in [0.717, 1.165) is 6.42 Å². The molecule has 0 saturated carbocycles. The van der Waals surface area contributed by atoms with Crippen LogP contribution in [0.15, 0.2) is 46.0 Å². The van der Waals surface area contributed by atoms with Crippen molar-refractivity contribution in [3.05, 3.63) is 63.0 Å². The topological polar surface area (TPSA) is 107 Å². The molecule has 4 atom stereocenters. The predicted octanol–water partition coefficient (Wildman–Crippen LogP) is 4.10. The van der Waals surface area contributed by atoms with E-state index >= 15 is 4.39 Å². The van der Waals surface area contributed by atoms with Crippen LogP contribution < -0.4 is 5.32 Å². The molecule has 42 heavy (non-hydrogen) atoms. The number of carbonyl (C=O) groups excluding carboxylic acids is 1. The lowest BCUT2D eigenvalue weighted by Crippen LogP contribution is -2.43. The van der Waals surface area contributed by atoms with Gasteiger partial charge in [0.15, 0.2) is 10.8 Å². The number of thiazole rings is 1. The third-order valence-electron chi connectivity index (χ3n) is 8.60. The maximum Gasteiger partial charge on any atom is 0.338 e. The molecule has 0 amide bonds. The molecule has 4 heterocycles. The first-order valence-corrected chi connectivity index (χ1v) is 15.1. The van der Waals surface area contributed by atoms with E-state index in [1.165, 1.54) is 17.4 Å². The molecule has 0 aliphatic carbocycles. The molecular formula is C30H37F2N5O4S. The lowest BCUT2D eigenvalue weighted by atomic mass is 9.89. The summed E-state index contributed by atoms with van der Waals surface area (Å²) in [6.45, 7) is 8.46. The number of benzene rings is 1. The number of rotatable bonds is 10. The number of hydrogen-bond acceptors (Lipinski definition) is 9. The largest absolute Gasteiger partial charge is 0.481 e. The van der Waals surface area contributed by atoms with Gasteiger partial charge >= 0.3 is 11.9 Å². The van der Waals surface area contributed by atoms with Gasteiger partial charge in [0.1, 0.15) is 18.0 Å². The molecule has 2 N–H and O–H groups in total. The highest BCUT2D eigenvalue weighted by Gasteiger charge is 2.50. The molecule has 3 aliphatic heterocycles. The van der Waals surface area contributed by atoms with Crippen LogP contribution in [-0.4, -0.2) is 88.7 Å². The number of alkyl halides is 1. The van der Waals surface area contributed by atoms with E-state index in [4.69, 9.17) is 9.73 Å². The first-order valence-electron chi connectivity index (χ1n) is 14.3. The quantitative estimate of drug-likeness (QED) is 0.392. The van der Waals surface area contributed by atoms with Crippen LogP contribution in [0.2, 0.25) is 0 Å². The Morgan fingerprint density at radius 3 is 2.76 bits per heavy atom. The number of aromatic nitrogens is 1. The summed E-state index contributed by atoms with van der Waals surface area (Å²) in [6, 6.07) is 3.41. The zero-order valence-corrected chi connectivity index (χ0v) is 25.1. The Morgan fingerprint density at radius 1 is 1.29 bits per heavy atom. The summed E-state index contributed by atoms with van der Waals surface area (Å²) in [7, 11) is 0. The molecule has 2 saturated heterocycles. The Kier molecular flexibility index (Phi) is 8.77. The number of fused-ring (bicyclic) bond motifs is 1. The number of halogens is 2. The summed E-state index contributed by atoms with van der Waals surface area (Å²) >= 11 is 1.38. The van der Waals surface area contributed by atoms with Crippen molar-refractivity contribution in [2.75, 3.05) is 32.8 Å². The fourth-order valence-corrected chi connectivity index (χ4v) is 6.72. The molecule has 0 spiro atoms. The van der Waals surface area contributed by atoms with Crippen molar-refractivity contribution in [1.82, 2.24) is 20.1 Å². The summed E-state index contributed by atoms with van der Waals surface area (Å²) in [6.07, 6.45) is 1.67. The molecule has 1 aromatic heterocycles. The number of amidine groups is 1. The van der Waals surface area contributed by atoms with E-state index in [9.17, 15) is 19.1 Å². The Morgan fingerprint density at radius 2 is 2.07 bits per heavy atom. The smallest absolute Gasteiger partial charge is 0.338 e. The first kappa shape index (κ1) is 30.2. The number of carboxylic acids is 1. The van der Waals surface area contributed by atoms with Crippen molar-refractivity contribution in [2.45, 2.75) is 64.8 Å². The molecular weight excluding hydrogens is 564 g/mol. The maximum atomic E-state index is 15.6. The molecule has 1 aromatic carbocycles. The van der Waals surface area contributed by atoms with Gasteiger partial charge in [-0.3, -0.25) is 19.6 Å². The lowest BCUT2D eigenvalue weighted by molar-refractivity contribution is -0.147. The highest BCUT2D eigenvalue weighted by Crippen LogP contribution is 2.38. The van der Waals surface area contributed by atoms with Crippen molar-refractivity contribution >= 4 is 29.1 Å². The van der Waals surface area contributed by atoms with Crippen LogP contribution >= 0.6 is 11.3 Å². The van der Waals surface area contributed by atoms with Gasteiger partial charge in [-0.15, -0.1) is 11.3 Å². The lowest BCUT2D eigenvalue weighted by Gasteiger charge is -2.31. The average molecular weight is 602 g/mol. The van der Waals surface area contributed by atoms with Crippen molar-refractivity contribution in [3.63, 3.8) is 0 Å². The minimum atomic E-state index is -1.13. The second-order valence-electron chi connectivity index (χ2n) is 11.7. The van der Waals surface area contributed by atoms with Crippen molar-refractivity contribution in [3.8, 4) is 0 Å². The summed E-state index contributed by atoms with van der Waals surface area (Å²) < 4.78 is 35.8. The van der Waals surface area contributed by atoms with Gasteiger partial charge in [0, 0.05) is 43.0 Å². The van der Waals surface area contributed by atoms with E-state index in [-0.39, 0.29) is 37.4 Å². The van der Waals surface area contributed by atoms with Crippen LogP contribution in [0.25, 0.3) is 0 Å². The Bertz CT molecular complexity index is 1400. The molecule has 0 bridgehead atoms. The number of nitrogens with one attached hydrogen (secondary N) is 1. The van der Waals surface area contributed by atoms with Gasteiger partial charge in [0.05, 0.1) is 23.6 Å². The first-order chi connectivity index (χ1) is 20.0. The summed E-state index contributed by atoms with van der Waals surface area (Å²) in [5.41, 5.74) is 0.822. The van der Waals surface area contributed by atoms with Gasteiger partial charge in [-0.2, -0.15) is 0 Å². The highest BCUT2D eigenvalue weighted by atomic mass is 32.1. The third-order valence-corrected chi connectivity index (χ3v) is 9.38. The van der Waals surface area contributed by atoms with Gasteiger partial charge in [-0.1, -0.05) is 12.1 Å². The number of likely N-dealkylation sites (tertiary alicyclic amines) is 2. The van der Waals surface area contributed by atoms with Gasteiger partial charge in [0.25, 0.3) is 0 Å². The van der Waals surface area contributed by atoms with Crippen LogP contribution in [0.4, 0.5) is 8.78 Å². The number of aliphatic carboxylic acids is 1. The van der Waals surface area contributed by atoms with Crippen molar-refractivity contribution in [1.29, 1.82) is 0 Å². The molecule has 12 heteroatoms. The van der Waals surface area contributed by atoms with E-state index in [1.54, 1.807) is 46.0 Å². The van der Waals surface area contributed by atoms with Crippen LogP contribution in [0.3, 0.4) is 0 Å². The molecule has 2 fully saturated rings. The van der Waals surface area contributed by atoms with Gasteiger partial charge in [-0.05, 0) is 64.3 Å². The molecule has 2 aromatic rings. The van der Waals surface area contributed by atoms with Crippen molar-refractivity contribution < 1.29 is 28.2 Å². The molecule has 0 radical (unpaired) electrons. The summed E-state index contributed by atoms with van der Waals surface area (Å²) in [5.74, 6) is -1.38. The highest BCUT2D eigenvalue weighted by molar-refractivity contribution is 7.11. The van der Waals surface area contributed by atoms with E-state index in [2.05, 4.69) is 15.2 Å². The summed E-state index contributed by atoms with van der Waals surface area (Å²) in [5, 5.41) is 15.3. The molecule has 9 nitrogen and oxygen atoms in total. The van der Waals surface area contributed by atoms with Crippen LogP contribution in [0.5, 0.6) is 0 Å². The SMILES string of the molecule is CCOC(=O)C1=C(CN2C[C@H](F)[C@H]3[C@@H]2CCN3CCC(C)(C)C(=O)O)NC(c2nccs2)=N[C@H]1c1cccc(F)c1C. The zero-order chi connectivity index (χ0) is 30.2. The van der Waals surface area contributed by atoms with Crippen LogP contribution in [-0.2, 0) is 14.3 Å². The third kappa shape index (κ3) is 5.84. The van der Waals surface area contributed by atoms with E-state index in [0.29, 0.717) is 47.2 Å². The monoisotopic (exact) mass is 601 g/mol. The summed E-state index contributed by atoms with van der Waals surface area (Å²) in [4.78, 5) is 38.5. The number of aliphatic imine (C=N–C) groups is 1. The molecule has 5 rings (SSSR count). The van der Waals surface area contributed by atoms with Crippen molar-refractivity contribution in [2.24, 2.45) is 10.4 Å². The number of esters is 1. The fourth-order valence-electron chi connectivity index (χ4n) is 6.14. The Balaban J connectivity index is 1.48. The molecule has 0 unspecified atom stereocenters. The standard InChI is InChI=1S/C30H37F2N5O4S/c1-5-41-28(38)23-21(16-37-15-20(32)25-22(37)9-12-36(25)13-10-30(3,4)29(39)40)34-26(27-33-11-14-42-27)35-24(23)18-7-6-8-19(31)17(18)2/h6-8,11,14,20,22,24-25H,5,9-10,12-13,15-16H2,1-4H3,(H,34,35)(H,39,40)/t20-,22-,24-,25-/m0/s1. The predicted molar refractivity (Wildman–Crippen MR) is 156 cm³/mol. The van der Waals surface area contributed by atoms with Gasteiger partial charge in [0.2, 0.25) is 0 Å². The van der Waals surface area contributed by atoms with E-state index < -0.39 is 35.4 Å². The zero-order valence-electron chi connectivity index (χ0n) is 24.3. The Labute approximate surface area is 248 Å². The number of nitrogens with zero attached hydrogens (tertiary/aromatic N) is 4. The van der Waals surface area contributed by atoms with Gasteiger partial charge in [-0.25, -0.2) is 18.6 Å². The van der Waals surface area contributed by atoms with Gasteiger partial charge < -0.3 is 15.2 Å². The number of carbonyl (C=O) groups is 2. The Hall–Kier alpha value is -3.22. The molecule has 3 aliphatic rings. The minimum Gasteiger partial charge on any atom is -0.481 e. The second-order valence-corrected chi connectivity index (χ2v) is 12.6. The molecule has 226 valence electrons. The fraction of sp³-hybridized carbons (Fsp3) is 0.533. The van der Waals surface area contributed by atoms with Crippen LogP contribution in [0.1, 0.15) is 55.8 Å². The van der Waals surface area contributed by atoms with E-state index in [1.807, 2.05) is 10.3 Å². The minimum absolute atomic E-state index is 0.109. The number of hydrogen-bond donors (Lipinski definition) is 2. The maximum absolute atomic E-state index is 15.6. The normalized spacial score (nSPS) is 24.9. The number of carboxylic acid groups (broad SMARTS) is 1. The average Bonchev–Trinajstić information content (AvgIpc) is 3.69. The van der Waals surface area contributed by atoms with Crippen LogP contribution in [0, 0.1) is 18.2 Å².